The van der Waals surface area contributed by atoms with Crippen LogP contribution in [0, 0.1) is 5.41 Å². The van der Waals surface area contributed by atoms with Crippen molar-refractivity contribution in [2.24, 2.45) is 5.41 Å². The molecule has 3 rings (SSSR count). The summed E-state index contributed by atoms with van der Waals surface area (Å²) in [4.78, 5) is 29.0. The van der Waals surface area contributed by atoms with Crippen molar-refractivity contribution in [3.05, 3.63) is 36.0 Å². The van der Waals surface area contributed by atoms with Crippen LogP contribution in [0.1, 0.15) is 32.4 Å². The van der Waals surface area contributed by atoms with Gasteiger partial charge in [-0.25, -0.2) is 0 Å². The molecule has 0 aliphatic carbocycles. The average molecular weight is 311 g/mol. The third-order valence-corrected chi connectivity index (χ3v) is 4.48. The molecule has 2 amide bonds. The molecule has 2 N–H and O–H groups in total. The zero-order chi connectivity index (χ0) is 16.4. The number of pyridine rings is 1. The molecule has 2 aromatic rings. The van der Waals surface area contributed by atoms with E-state index in [1.54, 1.807) is 0 Å². The van der Waals surface area contributed by atoms with Gasteiger partial charge in [0.2, 0.25) is 11.8 Å². The molecule has 1 aliphatic heterocycles. The number of benzene rings is 1. The fraction of sp³-hybridized carbons (Fsp3) is 0.389. The molecule has 2 heterocycles. The van der Waals surface area contributed by atoms with Gasteiger partial charge in [-0.1, -0.05) is 32.0 Å². The molecule has 23 heavy (non-hydrogen) atoms. The maximum atomic E-state index is 12.8. The molecule has 1 aromatic carbocycles. The summed E-state index contributed by atoms with van der Waals surface area (Å²) in [7, 11) is 0. The van der Waals surface area contributed by atoms with Crippen LogP contribution in [0.3, 0.4) is 0 Å². The Morgan fingerprint density at radius 2 is 2.17 bits per heavy atom. The molecule has 5 heteroatoms. The number of rotatable bonds is 3. The van der Waals surface area contributed by atoms with Crippen molar-refractivity contribution in [2.75, 3.05) is 11.9 Å². The molecular weight excluding hydrogens is 290 g/mol. The Bertz CT molecular complexity index is 772. The highest BCUT2D eigenvalue weighted by Gasteiger charge is 2.38. The van der Waals surface area contributed by atoms with Crippen LogP contribution in [-0.4, -0.2) is 23.3 Å². The summed E-state index contributed by atoms with van der Waals surface area (Å²) in [6.07, 6.45) is 1.67. The summed E-state index contributed by atoms with van der Waals surface area (Å²) >= 11 is 0. The second-order valence-electron chi connectivity index (χ2n) is 6.32. The van der Waals surface area contributed by atoms with Crippen LogP contribution in [-0.2, 0) is 16.0 Å². The van der Waals surface area contributed by atoms with Gasteiger partial charge in [0.1, 0.15) is 0 Å². The van der Waals surface area contributed by atoms with Crippen molar-refractivity contribution in [2.45, 2.75) is 33.1 Å². The lowest BCUT2D eigenvalue weighted by Crippen LogP contribution is -2.45. The van der Waals surface area contributed by atoms with Crippen LogP contribution in [0.25, 0.3) is 10.9 Å². The second kappa shape index (κ2) is 5.99. The SMILES string of the molecule is CCc1cc(NC(=O)C2(C)CCNC(=O)C2)c2ccccc2n1. The lowest BCUT2D eigenvalue weighted by molar-refractivity contribution is -0.134. The van der Waals surface area contributed by atoms with E-state index in [-0.39, 0.29) is 18.2 Å². The summed E-state index contributed by atoms with van der Waals surface area (Å²) in [5, 5.41) is 6.72. The van der Waals surface area contributed by atoms with E-state index in [2.05, 4.69) is 15.6 Å². The molecule has 0 saturated carbocycles. The summed E-state index contributed by atoms with van der Waals surface area (Å²) in [6.45, 7) is 4.43. The quantitative estimate of drug-likeness (QED) is 0.915. The summed E-state index contributed by atoms with van der Waals surface area (Å²) in [5.74, 6) is -0.173. The molecule has 0 radical (unpaired) electrons. The zero-order valence-corrected chi connectivity index (χ0v) is 13.5. The lowest BCUT2D eigenvalue weighted by atomic mass is 9.79. The number of nitrogens with one attached hydrogen (secondary N) is 2. The van der Waals surface area contributed by atoms with E-state index < -0.39 is 5.41 Å². The van der Waals surface area contributed by atoms with E-state index >= 15 is 0 Å². The topological polar surface area (TPSA) is 71.1 Å². The van der Waals surface area contributed by atoms with Crippen molar-refractivity contribution < 1.29 is 9.59 Å². The van der Waals surface area contributed by atoms with E-state index in [1.165, 1.54) is 0 Å². The number of hydrogen-bond donors (Lipinski definition) is 2. The van der Waals surface area contributed by atoms with E-state index in [1.807, 2.05) is 44.2 Å². The normalized spacial score (nSPS) is 21.0. The van der Waals surface area contributed by atoms with Crippen molar-refractivity contribution in [3.8, 4) is 0 Å². The fourth-order valence-electron chi connectivity index (χ4n) is 2.96. The highest BCUT2D eigenvalue weighted by atomic mass is 16.2. The van der Waals surface area contributed by atoms with Crippen molar-refractivity contribution in [1.29, 1.82) is 0 Å². The standard InChI is InChI=1S/C18H21N3O2/c1-3-12-10-15(13-6-4-5-7-14(13)20-12)21-17(23)18(2)8-9-19-16(22)11-18/h4-7,10H,3,8-9,11H2,1-2H3,(H,19,22)(H,20,21,23). The van der Waals surface area contributed by atoms with Gasteiger partial charge < -0.3 is 10.6 Å². The summed E-state index contributed by atoms with van der Waals surface area (Å²) in [5.41, 5.74) is 1.91. The van der Waals surface area contributed by atoms with Gasteiger partial charge >= 0.3 is 0 Å². The number of aromatic nitrogens is 1. The third kappa shape index (κ3) is 3.04. The van der Waals surface area contributed by atoms with Crippen LogP contribution >= 0.6 is 0 Å². The van der Waals surface area contributed by atoms with Crippen molar-refractivity contribution in [3.63, 3.8) is 0 Å². The zero-order valence-electron chi connectivity index (χ0n) is 13.5. The first kappa shape index (κ1) is 15.5. The molecule has 1 aromatic heterocycles. The summed E-state index contributed by atoms with van der Waals surface area (Å²) < 4.78 is 0. The highest BCUT2D eigenvalue weighted by Crippen LogP contribution is 2.32. The van der Waals surface area contributed by atoms with Crippen LogP contribution in [0.4, 0.5) is 5.69 Å². The van der Waals surface area contributed by atoms with Crippen LogP contribution in [0.2, 0.25) is 0 Å². The van der Waals surface area contributed by atoms with E-state index in [0.717, 1.165) is 28.7 Å². The highest BCUT2D eigenvalue weighted by molar-refractivity contribution is 6.04. The number of piperidine rings is 1. The lowest BCUT2D eigenvalue weighted by Gasteiger charge is -2.31. The molecule has 0 bridgehead atoms. The molecular formula is C18H21N3O2. The Morgan fingerprint density at radius 3 is 2.91 bits per heavy atom. The van der Waals surface area contributed by atoms with Gasteiger partial charge in [0.25, 0.3) is 0 Å². The van der Waals surface area contributed by atoms with E-state index in [4.69, 9.17) is 0 Å². The van der Waals surface area contributed by atoms with Gasteiger partial charge in [0.05, 0.1) is 16.6 Å². The molecule has 120 valence electrons. The van der Waals surface area contributed by atoms with Gasteiger partial charge in [-0.15, -0.1) is 0 Å². The number of hydrogen-bond acceptors (Lipinski definition) is 3. The molecule has 0 spiro atoms. The Hall–Kier alpha value is -2.43. The number of aryl methyl sites for hydroxylation is 1. The predicted molar refractivity (Wildman–Crippen MR) is 90.1 cm³/mol. The summed E-state index contributed by atoms with van der Waals surface area (Å²) in [6, 6.07) is 9.69. The fourth-order valence-corrected chi connectivity index (χ4v) is 2.96. The minimum absolute atomic E-state index is 0.0669. The Labute approximate surface area is 135 Å². The minimum Gasteiger partial charge on any atom is -0.356 e. The van der Waals surface area contributed by atoms with E-state index in [0.29, 0.717) is 13.0 Å². The molecule has 1 aliphatic rings. The van der Waals surface area contributed by atoms with Gasteiger partial charge in [-0.2, -0.15) is 0 Å². The average Bonchev–Trinajstić information content (AvgIpc) is 2.54. The minimum atomic E-state index is -0.668. The number of anilines is 1. The monoisotopic (exact) mass is 311 g/mol. The number of amides is 2. The van der Waals surface area contributed by atoms with Crippen LogP contribution in [0.15, 0.2) is 30.3 Å². The Morgan fingerprint density at radius 1 is 1.39 bits per heavy atom. The first-order valence-corrected chi connectivity index (χ1v) is 7.99. The number of fused-ring (bicyclic) bond motifs is 1. The predicted octanol–water partition coefficient (Wildman–Crippen LogP) is 2.65. The molecule has 1 unspecified atom stereocenters. The molecule has 1 saturated heterocycles. The first-order chi connectivity index (χ1) is 11.0. The smallest absolute Gasteiger partial charge is 0.230 e. The molecule has 5 nitrogen and oxygen atoms in total. The number of nitrogens with zero attached hydrogens (tertiary/aromatic N) is 1. The van der Waals surface area contributed by atoms with E-state index in [9.17, 15) is 9.59 Å². The Kier molecular flexibility index (Phi) is 4.03. The van der Waals surface area contributed by atoms with Crippen LogP contribution in [0.5, 0.6) is 0 Å². The van der Waals surface area contributed by atoms with Gasteiger partial charge in [-0.3, -0.25) is 14.6 Å². The number of carbonyl (C=O) groups is 2. The Balaban J connectivity index is 1.94. The first-order valence-electron chi connectivity index (χ1n) is 7.99. The van der Waals surface area contributed by atoms with Crippen LogP contribution < -0.4 is 10.6 Å². The maximum absolute atomic E-state index is 12.8. The van der Waals surface area contributed by atoms with Crippen molar-refractivity contribution >= 4 is 28.4 Å². The van der Waals surface area contributed by atoms with Gasteiger partial charge in [0.15, 0.2) is 0 Å². The molecule has 1 fully saturated rings. The largest absolute Gasteiger partial charge is 0.356 e. The van der Waals surface area contributed by atoms with Crippen molar-refractivity contribution in [1.82, 2.24) is 10.3 Å². The number of para-hydroxylation sites is 1. The van der Waals surface area contributed by atoms with Gasteiger partial charge in [0, 0.05) is 24.0 Å². The number of carbonyl (C=O) groups excluding carboxylic acids is 2. The maximum Gasteiger partial charge on any atom is 0.230 e. The molecule has 1 atom stereocenters. The third-order valence-electron chi connectivity index (χ3n) is 4.48. The second-order valence-corrected chi connectivity index (χ2v) is 6.32. The van der Waals surface area contributed by atoms with Gasteiger partial charge in [-0.05, 0) is 25.0 Å².